The Morgan fingerprint density at radius 2 is 2.17 bits per heavy atom. The molecule has 2 aliphatic heterocycles. The first-order valence-electron chi connectivity index (χ1n) is 8.11. The van der Waals surface area contributed by atoms with Crippen molar-refractivity contribution in [2.45, 2.75) is 45.3 Å². The molecule has 2 fully saturated rings. The van der Waals surface area contributed by atoms with Crippen molar-refractivity contribution < 1.29 is 14.3 Å². The number of likely N-dealkylation sites (N-methyl/N-ethyl adjacent to an activating group) is 1. The molecule has 126 valence electrons. The Hall–Kier alpha value is -2.05. The Morgan fingerprint density at radius 1 is 1.39 bits per heavy atom. The predicted molar refractivity (Wildman–Crippen MR) is 84.0 cm³/mol. The summed E-state index contributed by atoms with van der Waals surface area (Å²) in [6.07, 6.45) is 1.71. The van der Waals surface area contributed by atoms with E-state index in [4.69, 9.17) is 4.74 Å². The maximum atomic E-state index is 12.4. The number of carbonyl (C=O) groups is 2. The molecule has 1 spiro atoms. The van der Waals surface area contributed by atoms with Gasteiger partial charge in [-0.05, 0) is 26.3 Å². The summed E-state index contributed by atoms with van der Waals surface area (Å²) in [6, 6.07) is 2.04. The minimum atomic E-state index is -0.489. The topological polar surface area (TPSA) is 67.7 Å². The fourth-order valence-corrected chi connectivity index (χ4v) is 3.50. The van der Waals surface area contributed by atoms with Gasteiger partial charge in [-0.25, -0.2) is 4.79 Å². The fourth-order valence-electron chi connectivity index (χ4n) is 3.50. The van der Waals surface area contributed by atoms with Crippen LogP contribution >= 0.6 is 0 Å². The van der Waals surface area contributed by atoms with Gasteiger partial charge >= 0.3 is 6.09 Å². The van der Waals surface area contributed by atoms with Crippen LogP contribution in [0.4, 0.5) is 4.79 Å². The van der Waals surface area contributed by atoms with Crippen molar-refractivity contribution in [1.29, 1.82) is 0 Å². The number of amides is 2. The highest BCUT2D eigenvalue weighted by atomic mass is 16.6. The molecule has 1 aromatic rings. The SMILES string of the molecule is Cc1cc(C)n(CCCC(=O)N2CC[C@@]3(CN(C)C(=O)O3)C2)n1. The third kappa shape index (κ3) is 3.18. The average molecular weight is 320 g/mol. The lowest BCUT2D eigenvalue weighted by molar-refractivity contribution is -0.131. The molecule has 1 atom stereocenters. The standard InChI is InChI=1S/C16H24N4O3/c1-12-9-13(2)20(17-12)7-4-5-14(21)19-8-6-16(11-19)10-18(3)15(22)23-16/h9H,4-8,10-11H2,1-3H3/t16-/m1/s1. The summed E-state index contributed by atoms with van der Waals surface area (Å²) in [5, 5.41) is 4.41. The molecule has 2 saturated heterocycles. The van der Waals surface area contributed by atoms with Gasteiger partial charge in [0.25, 0.3) is 0 Å². The number of hydrogen-bond donors (Lipinski definition) is 0. The minimum absolute atomic E-state index is 0.133. The highest BCUT2D eigenvalue weighted by Gasteiger charge is 2.49. The third-order valence-electron chi connectivity index (χ3n) is 4.67. The maximum Gasteiger partial charge on any atom is 0.410 e. The molecule has 0 saturated carbocycles. The third-order valence-corrected chi connectivity index (χ3v) is 4.67. The van der Waals surface area contributed by atoms with Crippen LogP contribution < -0.4 is 0 Å². The van der Waals surface area contributed by atoms with Crippen LogP contribution in [-0.2, 0) is 16.1 Å². The molecule has 7 heteroatoms. The van der Waals surface area contributed by atoms with Gasteiger partial charge in [-0.1, -0.05) is 0 Å². The molecule has 0 radical (unpaired) electrons. The molecule has 23 heavy (non-hydrogen) atoms. The molecule has 0 bridgehead atoms. The molecule has 7 nitrogen and oxygen atoms in total. The Bertz CT molecular complexity index is 627. The van der Waals surface area contributed by atoms with E-state index in [2.05, 4.69) is 5.10 Å². The van der Waals surface area contributed by atoms with E-state index in [0.717, 1.165) is 30.8 Å². The Labute approximate surface area is 136 Å². The number of ether oxygens (including phenoxy) is 1. The van der Waals surface area contributed by atoms with Crippen LogP contribution in [0.3, 0.4) is 0 Å². The van der Waals surface area contributed by atoms with Gasteiger partial charge in [0.15, 0.2) is 5.60 Å². The zero-order valence-electron chi connectivity index (χ0n) is 14.0. The molecule has 0 aliphatic carbocycles. The van der Waals surface area contributed by atoms with Crippen molar-refractivity contribution in [2.24, 2.45) is 0 Å². The molecule has 2 amide bonds. The second-order valence-corrected chi connectivity index (χ2v) is 6.73. The van der Waals surface area contributed by atoms with Gasteiger partial charge in [-0.15, -0.1) is 0 Å². The summed E-state index contributed by atoms with van der Waals surface area (Å²) in [6.45, 7) is 6.50. The minimum Gasteiger partial charge on any atom is -0.439 e. The molecule has 0 N–H and O–H groups in total. The first-order chi connectivity index (χ1) is 10.9. The molecule has 3 heterocycles. The molecule has 0 unspecified atom stereocenters. The summed E-state index contributed by atoms with van der Waals surface area (Å²) in [5.41, 5.74) is 1.63. The Balaban J connectivity index is 1.48. The lowest BCUT2D eigenvalue weighted by Crippen LogP contribution is -2.39. The van der Waals surface area contributed by atoms with Crippen LogP contribution in [0.15, 0.2) is 6.07 Å². The fraction of sp³-hybridized carbons (Fsp3) is 0.688. The van der Waals surface area contributed by atoms with Crippen molar-refractivity contribution >= 4 is 12.0 Å². The van der Waals surface area contributed by atoms with Crippen molar-refractivity contribution in [2.75, 3.05) is 26.7 Å². The van der Waals surface area contributed by atoms with Gasteiger partial charge in [0.05, 0.1) is 18.8 Å². The van der Waals surface area contributed by atoms with Gasteiger partial charge in [-0.3, -0.25) is 9.48 Å². The maximum absolute atomic E-state index is 12.4. The van der Waals surface area contributed by atoms with E-state index in [-0.39, 0.29) is 12.0 Å². The first kappa shape index (κ1) is 15.8. The molecule has 1 aromatic heterocycles. The van der Waals surface area contributed by atoms with Crippen LogP contribution in [0.2, 0.25) is 0 Å². The molecule has 3 rings (SSSR count). The molecule has 2 aliphatic rings. The predicted octanol–water partition coefficient (Wildman–Crippen LogP) is 1.33. The summed E-state index contributed by atoms with van der Waals surface area (Å²) < 4.78 is 7.42. The molecule has 0 aromatic carbocycles. The number of hydrogen-bond acceptors (Lipinski definition) is 4. The van der Waals surface area contributed by atoms with Crippen LogP contribution in [0.25, 0.3) is 0 Å². The van der Waals surface area contributed by atoms with Crippen LogP contribution in [0.5, 0.6) is 0 Å². The second kappa shape index (κ2) is 5.86. The Kier molecular flexibility index (Phi) is 4.04. The van der Waals surface area contributed by atoms with Crippen LogP contribution in [0.1, 0.15) is 30.7 Å². The number of rotatable bonds is 4. The quantitative estimate of drug-likeness (QED) is 0.839. The van der Waals surface area contributed by atoms with Gasteiger partial charge in [0.1, 0.15) is 0 Å². The van der Waals surface area contributed by atoms with E-state index in [1.807, 2.05) is 29.5 Å². The van der Waals surface area contributed by atoms with E-state index in [1.165, 1.54) is 0 Å². The van der Waals surface area contributed by atoms with Gasteiger partial charge < -0.3 is 14.5 Å². The smallest absolute Gasteiger partial charge is 0.410 e. The van der Waals surface area contributed by atoms with Crippen molar-refractivity contribution in [1.82, 2.24) is 19.6 Å². The van der Waals surface area contributed by atoms with Crippen molar-refractivity contribution in [3.63, 3.8) is 0 Å². The molecular weight excluding hydrogens is 296 g/mol. The Morgan fingerprint density at radius 3 is 2.78 bits per heavy atom. The normalized spacial score (nSPS) is 23.9. The lowest BCUT2D eigenvalue weighted by Gasteiger charge is -2.21. The highest BCUT2D eigenvalue weighted by Crippen LogP contribution is 2.32. The van der Waals surface area contributed by atoms with Crippen molar-refractivity contribution in [3.05, 3.63) is 17.5 Å². The number of aromatic nitrogens is 2. The monoisotopic (exact) mass is 320 g/mol. The summed E-state index contributed by atoms with van der Waals surface area (Å²) >= 11 is 0. The molecular formula is C16H24N4O3. The largest absolute Gasteiger partial charge is 0.439 e. The van der Waals surface area contributed by atoms with E-state index in [9.17, 15) is 9.59 Å². The van der Waals surface area contributed by atoms with Crippen LogP contribution in [0, 0.1) is 13.8 Å². The second-order valence-electron chi connectivity index (χ2n) is 6.73. The van der Waals surface area contributed by atoms with Crippen molar-refractivity contribution in [3.8, 4) is 0 Å². The zero-order chi connectivity index (χ0) is 16.6. The van der Waals surface area contributed by atoms with Gasteiger partial charge in [-0.2, -0.15) is 5.10 Å². The number of carbonyl (C=O) groups excluding carboxylic acids is 2. The highest BCUT2D eigenvalue weighted by molar-refractivity contribution is 5.77. The van der Waals surface area contributed by atoms with Gasteiger partial charge in [0.2, 0.25) is 5.91 Å². The van der Waals surface area contributed by atoms with E-state index < -0.39 is 5.60 Å². The number of aryl methyl sites for hydroxylation is 3. The number of likely N-dealkylation sites (tertiary alicyclic amines) is 1. The van der Waals surface area contributed by atoms with E-state index >= 15 is 0 Å². The van der Waals surface area contributed by atoms with E-state index in [1.54, 1.807) is 11.9 Å². The average Bonchev–Trinajstić information content (AvgIpc) is 3.10. The zero-order valence-corrected chi connectivity index (χ0v) is 14.0. The van der Waals surface area contributed by atoms with E-state index in [0.29, 0.717) is 26.1 Å². The summed E-state index contributed by atoms with van der Waals surface area (Å²) in [4.78, 5) is 27.3. The van der Waals surface area contributed by atoms with Crippen LogP contribution in [-0.4, -0.2) is 63.9 Å². The lowest BCUT2D eigenvalue weighted by atomic mass is 10.0. The summed E-state index contributed by atoms with van der Waals surface area (Å²) in [7, 11) is 1.73. The van der Waals surface area contributed by atoms with Gasteiger partial charge in [0, 0.05) is 38.7 Å². The number of nitrogens with zero attached hydrogens (tertiary/aromatic N) is 4. The summed E-state index contributed by atoms with van der Waals surface area (Å²) in [5.74, 6) is 0.133. The first-order valence-corrected chi connectivity index (χ1v) is 8.11.